The Balaban J connectivity index is 1.63. The summed E-state index contributed by atoms with van der Waals surface area (Å²) < 4.78 is 0. The smallest absolute Gasteiger partial charge is 0.257 e. The lowest BCUT2D eigenvalue weighted by atomic mass is 10.1. The molecule has 2 aromatic carbocycles. The molecule has 0 unspecified atom stereocenters. The van der Waals surface area contributed by atoms with Crippen LogP contribution in [0, 0.1) is 0 Å². The number of aryl methyl sites for hydroxylation is 1. The maximum Gasteiger partial charge on any atom is 0.257 e. The second-order valence-corrected chi connectivity index (χ2v) is 6.27. The summed E-state index contributed by atoms with van der Waals surface area (Å²) in [6, 6.07) is 14.2. The van der Waals surface area contributed by atoms with Crippen molar-refractivity contribution in [3.63, 3.8) is 0 Å². The summed E-state index contributed by atoms with van der Waals surface area (Å²) >= 11 is 1.36. The molecular formula is C19H17N3O2S. The van der Waals surface area contributed by atoms with Gasteiger partial charge < -0.3 is 5.32 Å². The molecule has 1 heterocycles. The van der Waals surface area contributed by atoms with Crippen LogP contribution in [-0.2, 0) is 6.42 Å². The second kappa shape index (κ2) is 7.72. The average Bonchev–Trinajstić information content (AvgIpc) is 3.15. The van der Waals surface area contributed by atoms with Gasteiger partial charge in [-0.15, -0.1) is 11.3 Å². The van der Waals surface area contributed by atoms with Gasteiger partial charge in [0, 0.05) is 28.4 Å². The van der Waals surface area contributed by atoms with Crippen molar-refractivity contribution >= 4 is 34.0 Å². The molecule has 0 saturated carbocycles. The van der Waals surface area contributed by atoms with E-state index in [4.69, 9.17) is 0 Å². The van der Waals surface area contributed by atoms with Crippen molar-refractivity contribution in [2.24, 2.45) is 0 Å². The third-order valence-corrected chi connectivity index (χ3v) is 4.37. The van der Waals surface area contributed by atoms with E-state index >= 15 is 0 Å². The van der Waals surface area contributed by atoms with Gasteiger partial charge in [-0.1, -0.05) is 19.1 Å². The lowest BCUT2D eigenvalue weighted by molar-refractivity contribution is 0.102. The van der Waals surface area contributed by atoms with Crippen LogP contribution in [0.2, 0.25) is 0 Å². The topological polar surface area (TPSA) is 71.1 Å². The number of hydrogen-bond acceptors (Lipinski definition) is 4. The predicted octanol–water partition coefficient (Wildman–Crippen LogP) is 4.21. The summed E-state index contributed by atoms with van der Waals surface area (Å²) in [4.78, 5) is 28.4. The molecule has 1 aromatic heterocycles. The van der Waals surface area contributed by atoms with Crippen LogP contribution in [0.1, 0.15) is 33.2 Å². The highest BCUT2D eigenvalue weighted by molar-refractivity contribution is 7.13. The number of amides is 2. The van der Waals surface area contributed by atoms with E-state index in [1.54, 1.807) is 35.8 Å². The van der Waals surface area contributed by atoms with Gasteiger partial charge in [0.2, 0.25) is 0 Å². The number of carbonyl (C=O) groups excluding carboxylic acids is 2. The Kier molecular flexibility index (Phi) is 5.20. The van der Waals surface area contributed by atoms with Gasteiger partial charge in [-0.05, 0) is 48.4 Å². The van der Waals surface area contributed by atoms with Gasteiger partial charge >= 0.3 is 0 Å². The second-order valence-electron chi connectivity index (χ2n) is 5.37. The summed E-state index contributed by atoms with van der Waals surface area (Å²) in [6.45, 7) is 2.07. The summed E-state index contributed by atoms with van der Waals surface area (Å²) in [5.41, 5.74) is 2.92. The van der Waals surface area contributed by atoms with Crippen molar-refractivity contribution in [3.8, 4) is 0 Å². The molecule has 3 aromatic rings. The van der Waals surface area contributed by atoms with Crippen LogP contribution >= 0.6 is 11.3 Å². The van der Waals surface area contributed by atoms with Crippen LogP contribution in [0.5, 0.6) is 0 Å². The molecule has 0 atom stereocenters. The quantitative estimate of drug-likeness (QED) is 0.723. The number of nitrogens with one attached hydrogen (secondary N) is 2. The van der Waals surface area contributed by atoms with Crippen LogP contribution < -0.4 is 10.6 Å². The maximum absolute atomic E-state index is 12.2. The van der Waals surface area contributed by atoms with Gasteiger partial charge in [0.05, 0.1) is 0 Å². The molecule has 25 heavy (non-hydrogen) atoms. The highest BCUT2D eigenvalue weighted by Crippen LogP contribution is 2.15. The number of aromatic nitrogens is 1. The van der Waals surface area contributed by atoms with Gasteiger partial charge in [0.15, 0.2) is 5.13 Å². The molecule has 0 spiro atoms. The van der Waals surface area contributed by atoms with Crippen molar-refractivity contribution in [1.29, 1.82) is 0 Å². The Bertz CT molecular complexity index is 857. The first kappa shape index (κ1) is 16.9. The van der Waals surface area contributed by atoms with Crippen LogP contribution in [0.3, 0.4) is 0 Å². The number of nitrogens with zero attached hydrogens (tertiary/aromatic N) is 1. The van der Waals surface area contributed by atoms with E-state index in [0.29, 0.717) is 21.9 Å². The molecule has 0 aliphatic heterocycles. The van der Waals surface area contributed by atoms with E-state index in [0.717, 1.165) is 6.42 Å². The third-order valence-electron chi connectivity index (χ3n) is 3.68. The molecule has 0 bridgehead atoms. The van der Waals surface area contributed by atoms with E-state index in [-0.39, 0.29) is 11.8 Å². The van der Waals surface area contributed by atoms with Crippen molar-refractivity contribution in [1.82, 2.24) is 4.98 Å². The number of anilines is 2. The van der Waals surface area contributed by atoms with Gasteiger partial charge in [-0.3, -0.25) is 14.9 Å². The SMILES string of the molecule is CCc1ccc(C(=O)Nc2ccc(C(=O)Nc3nccs3)cc2)cc1. The van der Waals surface area contributed by atoms with Gasteiger partial charge in [-0.25, -0.2) is 4.98 Å². The van der Waals surface area contributed by atoms with Crippen molar-refractivity contribution in [3.05, 3.63) is 76.8 Å². The molecule has 0 saturated heterocycles. The van der Waals surface area contributed by atoms with Crippen LogP contribution in [0.4, 0.5) is 10.8 Å². The molecule has 6 heteroatoms. The molecule has 3 rings (SSSR count). The van der Waals surface area contributed by atoms with Crippen molar-refractivity contribution < 1.29 is 9.59 Å². The molecule has 5 nitrogen and oxygen atoms in total. The number of thiazole rings is 1. The Morgan fingerprint density at radius 2 is 1.52 bits per heavy atom. The van der Waals surface area contributed by atoms with Gasteiger partial charge in [0.25, 0.3) is 11.8 Å². The highest BCUT2D eigenvalue weighted by atomic mass is 32.1. The first-order valence-electron chi connectivity index (χ1n) is 7.87. The first-order chi connectivity index (χ1) is 12.2. The zero-order chi connectivity index (χ0) is 17.6. The van der Waals surface area contributed by atoms with E-state index in [1.165, 1.54) is 16.9 Å². The molecular weight excluding hydrogens is 334 g/mol. The zero-order valence-corrected chi connectivity index (χ0v) is 14.5. The Labute approximate surface area is 149 Å². The minimum atomic E-state index is -0.233. The number of carbonyl (C=O) groups is 2. The fourth-order valence-corrected chi connectivity index (χ4v) is 2.78. The number of hydrogen-bond donors (Lipinski definition) is 2. The zero-order valence-electron chi connectivity index (χ0n) is 13.7. The fraction of sp³-hybridized carbons (Fsp3) is 0.105. The molecule has 0 fully saturated rings. The van der Waals surface area contributed by atoms with Crippen LogP contribution in [-0.4, -0.2) is 16.8 Å². The minimum Gasteiger partial charge on any atom is -0.322 e. The predicted molar refractivity (Wildman–Crippen MR) is 100 cm³/mol. The van der Waals surface area contributed by atoms with Crippen molar-refractivity contribution in [2.45, 2.75) is 13.3 Å². The number of rotatable bonds is 5. The van der Waals surface area contributed by atoms with E-state index in [2.05, 4.69) is 22.5 Å². The fourth-order valence-electron chi connectivity index (χ4n) is 2.25. The maximum atomic E-state index is 12.2. The Morgan fingerprint density at radius 1 is 0.920 bits per heavy atom. The normalized spacial score (nSPS) is 10.3. The van der Waals surface area contributed by atoms with Gasteiger partial charge in [0.1, 0.15) is 0 Å². The lowest BCUT2D eigenvalue weighted by Gasteiger charge is -2.07. The lowest BCUT2D eigenvalue weighted by Crippen LogP contribution is -2.13. The summed E-state index contributed by atoms with van der Waals surface area (Å²) in [6.07, 6.45) is 2.57. The molecule has 0 aliphatic carbocycles. The monoisotopic (exact) mass is 351 g/mol. The Morgan fingerprint density at radius 3 is 2.08 bits per heavy atom. The van der Waals surface area contributed by atoms with Crippen LogP contribution in [0.15, 0.2) is 60.1 Å². The largest absolute Gasteiger partial charge is 0.322 e. The summed E-state index contributed by atoms with van der Waals surface area (Å²) in [5, 5.41) is 7.89. The van der Waals surface area contributed by atoms with E-state index in [9.17, 15) is 9.59 Å². The number of benzene rings is 2. The van der Waals surface area contributed by atoms with E-state index in [1.807, 2.05) is 24.3 Å². The summed E-state index contributed by atoms with van der Waals surface area (Å²) in [5.74, 6) is -0.411. The van der Waals surface area contributed by atoms with Crippen molar-refractivity contribution in [2.75, 3.05) is 10.6 Å². The highest BCUT2D eigenvalue weighted by Gasteiger charge is 2.09. The minimum absolute atomic E-state index is 0.178. The molecule has 0 aliphatic rings. The molecule has 2 amide bonds. The average molecular weight is 351 g/mol. The molecule has 126 valence electrons. The van der Waals surface area contributed by atoms with Crippen LogP contribution in [0.25, 0.3) is 0 Å². The molecule has 2 N–H and O–H groups in total. The summed E-state index contributed by atoms with van der Waals surface area (Å²) in [7, 11) is 0. The van der Waals surface area contributed by atoms with Gasteiger partial charge in [-0.2, -0.15) is 0 Å². The first-order valence-corrected chi connectivity index (χ1v) is 8.75. The Hall–Kier alpha value is -2.99. The molecule has 0 radical (unpaired) electrons. The third kappa shape index (κ3) is 4.30. The standard InChI is InChI=1S/C19H17N3O2S/c1-2-13-3-5-14(6-4-13)17(23)21-16-9-7-15(8-10-16)18(24)22-19-20-11-12-25-19/h3-12H,2H2,1H3,(H,21,23)(H,20,22,24). The van der Waals surface area contributed by atoms with E-state index < -0.39 is 0 Å².